The van der Waals surface area contributed by atoms with Crippen LogP contribution in [0.5, 0.6) is 0 Å². The van der Waals surface area contributed by atoms with E-state index in [-0.39, 0.29) is 18.0 Å². The topological polar surface area (TPSA) is 143 Å². The molecule has 0 bridgehead atoms. The number of rotatable bonds is 7. The number of alkyl halides is 1. The first-order chi connectivity index (χ1) is 17.2. The SMILES string of the molecule is CC(=O)OC(c1cn2c(n1)COCC2)C1(Br)C(=O)N2C(C(=O)OCc3ccc([N+](=O)[O-])cc3)=CS[C@@H]21. The smallest absolute Gasteiger partial charge is 0.355 e. The molecule has 4 heterocycles. The number of carbonyl (C=O) groups excluding carboxylic acids is 3. The number of halogens is 1. The van der Waals surface area contributed by atoms with Gasteiger partial charge in [-0.1, -0.05) is 15.9 Å². The van der Waals surface area contributed by atoms with Gasteiger partial charge >= 0.3 is 11.9 Å². The van der Waals surface area contributed by atoms with Crippen LogP contribution in [0.2, 0.25) is 0 Å². The van der Waals surface area contributed by atoms with Gasteiger partial charge in [0.15, 0.2) is 10.4 Å². The number of imidazole rings is 1. The molecule has 0 spiro atoms. The highest BCUT2D eigenvalue weighted by Gasteiger charge is 2.69. The Kier molecular flexibility index (Phi) is 6.34. The molecule has 0 N–H and O–H groups in total. The third kappa shape index (κ3) is 4.08. The number of nitro groups is 1. The minimum Gasteiger partial charge on any atom is -0.456 e. The van der Waals surface area contributed by atoms with Crippen molar-refractivity contribution in [2.75, 3.05) is 6.61 Å². The van der Waals surface area contributed by atoms with Crippen molar-refractivity contribution in [3.05, 3.63) is 68.8 Å². The summed E-state index contributed by atoms with van der Waals surface area (Å²) in [5.74, 6) is -1.10. The van der Waals surface area contributed by atoms with Gasteiger partial charge < -0.3 is 18.8 Å². The number of β-lactam (4-membered cyclic amide) rings is 1. The van der Waals surface area contributed by atoms with Gasteiger partial charge in [-0.25, -0.2) is 9.78 Å². The minimum atomic E-state index is -1.34. The number of esters is 2. The molecule has 3 atom stereocenters. The molecule has 1 saturated heterocycles. The van der Waals surface area contributed by atoms with Crippen LogP contribution >= 0.6 is 27.7 Å². The molecule has 0 aliphatic carbocycles. The van der Waals surface area contributed by atoms with Gasteiger partial charge in [0.25, 0.3) is 11.6 Å². The zero-order chi connectivity index (χ0) is 25.6. The third-order valence-corrected chi connectivity index (χ3v) is 8.65. The van der Waals surface area contributed by atoms with Gasteiger partial charge in [-0.05, 0) is 17.7 Å². The highest BCUT2D eigenvalue weighted by molar-refractivity contribution is 9.10. The summed E-state index contributed by atoms with van der Waals surface area (Å²) in [6.45, 7) is 2.57. The Hall–Kier alpha value is -3.23. The van der Waals surface area contributed by atoms with E-state index in [1.54, 1.807) is 6.20 Å². The lowest BCUT2D eigenvalue weighted by molar-refractivity contribution is -0.384. The third-order valence-electron chi connectivity index (χ3n) is 5.95. The molecule has 2 unspecified atom stereocenters. The molecule has 3 aliphatic rings. The lowest BCUT2D eigenvalue weighted by atomic mass is 9.89. The lowest BCUT2D eigenvalue weighted by Crippen LogP contribution is -2.70. The van der Waals surface area contributed by atoms with E-state index in [2.05, 4.69) is 20.9 Å². The van der Waals surface area contributed by atoms with E-state index in [9.17, 15) is 24.5 Å². The standard InChI is InChI=1S/C22H19BrN4O8S/c1-12(28)35-18(15-8-25-6-7-33-10-17(25)24-15)22(23)20(30)26-16(11-36-21(22)26)19(29)34-9-13-2-4-14(5-3-13)27(31)32/h2-5,8,11,18,21H,6-7,9-10H2,1H3/t18?,21-,22?/m1/s1. The van der Waals surface area contributed by atoms with E-state index in [4.69, 9.17) is 14.2 Å². The maximum atomic E-state index is 13.4. The first-order valence-electron chi connectivity index (χ1n) is 10.8. The van der Waals surface area contributed by atoms with Crippen molar-refractivity contribution in [1.29, 1.82) is 0 Å². The summed E-state index contributed by atoms with van der Waals surface area (Å²) in [6, 6.07) is 5.61. The van der Waals surface area contributed by atoms with E-state index < -0.39 is 38.6 Å². The van der Waals surface area contributed by atoms with Crippen LogP contribution in [0, 0.1) is 10.1 Å². The summed E-state index contributed by atoms with van der Waals surface area (Å²) >= 11 is 4.75. The summed E-state index contributed by atoms with van der Waals surface area (Å²) in [5, 5.41) is 11.7. The van der Waals surface area contributed by atoms with Gasteiger partial charge in [-0.2, -0.15) is 0 Å². The molecule has 1 aromatic heterocycles. The van der Waals surface area contributed by atoms with Crippen LogP contribution in [0.1, 0.15) is 30.1 Å². The Balaban J connectivity index is 1.30. The molecule has 1 aromatic carbocycles. The minimum absolute atomic E-state index is 0.0612. The van der Waals surface area contributed by atoms with Gasteiger partial charge in [0.2, 0.25) is 0 Å². The predicted octanol–water partition coefficient (Wildman–Crippen LogP) is 2.56. The Labute approximate surface area is 216 Å². The second kappa shape index (κ2) is 9.33. The van der Waals surface area contributed by atoms with Crippen LogP contribution < -0.4 is 0 Å². The first kappa shape index (κ1) is 24.5. The molecule has 12 nitrogen and oxygen atoms in total. The van der Waals surface area contributed by atoms with Crippen LogP contribution in [-0.2, 0) is 48.4 Å². The van der Waals surface area contributed by atoms with Crippen molar-refractivity contribution in [3.63, 3.8) is 0 Å². The molecule has 14 heteroatoms. The molecule has 2 aromatic rings. The number of benzene rings is 1. The van der Waals surface area contributed by atoms with Crippen molar-refractivity contribution >= 4 is 51.2 Å². The van der Waals surface area contributed by atoms with Gasteiger partial charge in [-0.3, -0.25) is 24.6 Å². The number of nitrogens with zero attached hydrogens (tertiary/aromatic N) is 4. The lowest BCUT2D eigenvalue weighted by Gasteiger charge is -2.51. The largest absolute Gasteiger partial charge is 0.456 e. The summed E-state index contributed by atoms with van der Waals surface area (Å²) in [7, 11) is 0. The highest BCUT2D eigenvalue weighted by atomic mass is 79.9. The molecular weight excluding hydrogens is 560 g/mol. The second-order valence-electron chi connectivity index (χ2n) is 8.25. The molecular formula is C22H19BrN4O8S. The molecule has 5 rings (SSSR count). The molecule has 36 heavy (non-hydrogen) atoms. The Morgan fingerprint density at radius 3 is 2.81 bits per heavy atom. The van der Waals surface area contributed by atoms with Gasteiger partial charge in [-0.15, -0.1) is 11.8 Å². The number of fused-ring (bicyclic) bond motifs is 2. The van der Waals surface area contributed by atoms with Crippen molar-refractivity contribution in [3.8, 4) is 0 Å². The van der Waals surface area contributed by atoms with Crippen molar-refractivity contribution in [1.82, 2.24) is 14.5 Å². The first-order valence-corrected chi connectivity index (χ1v) is 12.5. The Bertz CT molecular complexity index is 1270. The number of ether oxygens (including phenoxy) is 3. The monoisotopic (exact) mass is 578 g/mol. The van der Waals surface area contributed by atoms with E-state index >= 15 is 0 Å². The van der Waals surface area contributed by atoms with Crippen LogP contribution in [0.25, 0.3) is 0 Å². The second-order valence-corrected chi connectivity index (χ2v) is 10.5. The number of hydrogen-bond donors (Lipinski definition) is 0. The zero-order valence-electron chi connectivity index (χ0n) is 18.8. The Morgan fingerprint density at radius 2 is 2.14 bits per heavy atom. The average molecular weight is 579 g/mol. The fraction of sp³-hybridized carbons (Fsp3) is 0.364. The molecule has 0 radical (unpaired) electrons. The quantitative estimate of drug-likeness (QED) is 0.158. The van der Waals surface area contributed by atoms with Gasteiger partial charge in [0, 0.05) is 37.2 Å². The van der Waals surface area contributed by atoms with Crippen molar-refractivity contribution in [2.24, 2.45) is 0 Å². The summed E-state index contributed by atoms with van der Waals surface area (Å²) < 4.78 is 16.9. The molecule has 3 aliphatic heterocycles. The van der Waals surface area contributed by atoms with Crippen LogP contribution in [-0.4, -0.2) is 53.5 Å². The van der Waals surface area contributed by atoms with Gasteiger partial charge in [0.05, 0.1) is 11.5 Å². The number of hydrogen-bond acceptors (Lipinski definition) is 10. The van der Waals surface area contributed by atoms with Crippen LogP contribution in [0.15, 0.2) is 41.6 Å². The fourth-order valence-corrected chi connectivity index (χ4v) is 6.46. The van der Waals surface area contributed by atoms with Crippen molar-refractivity contribution < 1.29 is 33.5 Å². The normalized spacial score (nSPS) is 23.2. The van der Waals surface area contributed by atoms with Crippen LogP contribution in [0.4, 0.5) is 5.69 Å². The number of amides is 1. The van der Waals surface area contributed by atoms with E-state index in [1.807, 2.05) is 4.57 Å². The summed E-state index contributed by atoms with van der Waals surface area (Å²) in [5.41, 5.74) is 0.955. The van der Waals surface area contributed by atoms with Crippen LogP contribution in [0.3, 0.4) is 0 Å². The number of nitro benzene ring substituents is 1. The maximum Gasteiger partial charge on any atom is 0.355 e. The predicted molar refractivity (Wildman–Crippen MR) is 127 cm³/mol. The number of aromatic nitrogens is 2. The van der Waals surface area contributed by atoms with E-state index in [1.165, 1.54) is 53.3 Å². The Morgan fingerprint density at radius 1 is 1.39 bits per heavy atom. The van der Waals surface area contributed by atoms with E-state index in [0.717, 1.165) is 0 Å². The number of non-ortho nitro benzene ring substituents is 1. The maximum absolute atomic E-state index is 13.4. The summed E-state index contributed by atoms with van der Waals surface area (Å²) in [4.78, 5) is 54.2. The molecule has 188 valence electrons. The highest BCUT2D eigenvalue weighted by Crippen LogP contribution is 2.58. The summed E-state index contributed by atoms with van der Waals surface area (Å²) in [6.07, 6.45) is 0.717. The van der Waals surface area contributed by atoms with Gasteiger partial charge in [0.1, 0.15) is 35.8 Å². The molecule has 1 fully saturated rings. The number of carbonyl (C=O) groups is 3. The zero-order valence-corrected chi connectivity index (χ0v) is 21.2. The fourth-order valence-electron chi connectivity index (χ4n) is 4.19. The van der Waals surface area contributed by atoms with E-state index in [0.29, 0.717) is 36.8 Å². The van der Waals surface area contributed by atoms with Crippen molar-refractivity contribution in [2.45, 2.75) is 42.5 Å². The molecule has 1 amide bonds. The number of thioether (sulfide) groups is 1. The average Bonchev–Trinajstić information content (AvgIpc) is 3.48. The molecule has 0 saturated carbocycles.